The van der Waals surface area contributed by atoms with Gasteiger partial charge in [-0.05, 0) is 6.92 Å². The fraction of sp³-hybridized carbons (Fsp3) is 0.500. The zero-order valence-corrected chi connectivity index (χ0v) is 5.44. The number of rotatable bonds is 1. The molecule has 44 valence electrons. The minimum atomic E-state index is 0.602. The summed E-state index contributed by atoms with van der Waals surface area (Å²) in [5.41, 5.74) is 0. The molecule has 1 aromatic heterocycles. The summed E-state index contributed by atoms with van der Waals surface area (Å²) in [6.45, 7) is 1.86. The Morgan fingerprint density at radius 3 is 2.75 bits per heavy atom. The smallest absolute Gasteiger partial charge is 0.160 e. The van der Waals surface area contributed by atoms with Crippen LogP contribution in [0.4, 0.5) is 0 Å². The van der Waals surface area contributed by atoms with Crippen LogP contribution in [0.2, 0.25) is 0 Å². The Morgan fingerprint density at radius 1 is 1.75 bits per heavy atom. The summed E-state index contributed by atoms with van der Waals surface area (Å²) in [5.74, 6) is 2.20. The molecule has 8 heavy (non-hydrogen) atoms. The van der Waals surface area contributed by atoms with Crippen molar-refractivity contribution >= 4 is 12.6 Å². The molecule has 1 heterocycles. The lowest BCUT2D eigenvalue weighted by Gasteiger charge is -1.75. The summed E-state index contributed by atoms with van der Waals surface area (Å²) >= 11 is 3.98. The lowest BCUT2D eigenvalue weighted by Crippen LogP contribution is -1.78. The quantitative estimate of drug-likeness (QED) is 0.543. The Labute approximate surface area is 52.9 Å². The van der Waals surface area contributed by atoms with Crippen LogP contribution < -0.4 is 0 Å². The number of H-pyrrole nitrogens is 1. The third-order valence-corrected chi connectivity index (χ3v) is 1.07. The van der Waals surface area contributed by atoms with Crippen LogP contribution in [0.5, 0.6) is 0 Å². The van der Waals surface area contributed by atoms with E-state index in [4.69, 9.17) is 0 Å². The molecule has 0 saturated heterocycles. The van der Waals surface area contributed by atoms with E-state index in [1.54, 1.807) is 0 Å². The minimum absolute atomic E-state index is 0.602. The van der Waals surface area contributed by atoms with E-state index < -0.39 is 0 Å². The largest absolute Gasteiger partial charge is 0.263 e. The normalized spacial score (nSPS) is 9.75. The number of aromatic amines is 1. The summed E-state index contributed by atoms with van der Waals surface area (Å²) in [4.78, 5) is 3.99. The minimum Gasteiger partial charge on any atom is -0.263 e. The Hall–Kier alpha value is -0.510. The first-order chi connectivity index (χ1) is 3.83. The maximum Gasteiger partial charge on any atom is 0.160 e. The van der Waals surface area contributed by atoms with Crippen molar-refractivity contribution in [1.82, 2.24) is 15.2 Å². The van der Waals surface area contributed by atoms with Crippen LogP contribution in [0.25, 0.3) is 0 Å². The molecule has 0 radical (unpaired) electrons. The van der Waals surface area contributed by atoms with Gasteiger partial charge in [0.25, 0.3) is 0 Å². The van der Waals surface area contributed by atoms with E-state index in [9.17, 15) is 0 Å². The Balaban J connectivity index is 2.84. The average Bonchev–Trinajstić information content (AvgIpc) is 2.14. The van der Waals surface area contributed by atoms with Crippen LogP contribution >= 0.6 is 12.6 Å². The molecule has 0 unspecified atom stereocenters. The van der Waals surface area contributed by atoms with Crippen molar-refractivity contribution in [3.8, 4) is 0 Å². The number of thiol groups is 1. The molecule has 4 heteroatoms. The zero-order valence-electron chi connectivity index (χ0n) is 4.55. The standard InChI is InChI=1S/C4H7N3S/c1-3-5-4(2-8)7-6-3/h8H,2H2,1H3,(H,5,6,7). The van der Waals surface area contributed by atoms with Crippen molar-refractivity contribution in [1.29, 1.82) is 0 Å². The highest BCUT2D eigenvalue weighted by Gasteiger charge is 1.92. The molecule has 0 aliphatic rings. The predicted octanol–water partition coefficient (Wildman–Crippen LogP) is 0.543. The van der Waals surface area contributed by atoms with Gasteiger partial charge in [0.2, 0.25) is 0 Å². The predicted molar refractivity (Wildman–Crippen MR) is 33.8 cm³/mol. The molecule has 0 bridgehead atoms. The lowest BCUT2D eigenvalue weighted by atomic mass is 10.7. The molecule has 0 aliphatic heterocycles. The first-order valence-electron chi connectivity index (χ1n) is 2.31. The maximum absolute atomic E-state index is 3.99. The SMILES string of the molecule is Cc1nc(CS)n[nH]1. The van der Waals surface area contributed by atoms with Crippen LogP contribution in [-0.2, 0) is 5.75 Å². The van der Waals surface area contributed by atoms with Gasteiger partial charge < -0.3 is 0 Å². The lowest BCUT2D eigenvalue weighted by molar-refractivity contribution is 1.01. The molecule has 0 amide bonds. The van der Waals surface area contributed by atoms with E-state index in [2.05, 4.69) is 27.8 Å². The molecule has 1 rings (SSSR count). The van der Waals surface area contributed by atoms with Crippen molar-refractivity contribution in [3.63, 3.8) is 0 Å². The van der Waals surface area contributed by atoms with Gasteiger partial charge in [-0.25, -0.2) is 4.98 Å². The molecule has 0 fully saturated rings. The van der Waals surface area contributed by atoms with Crippen LogP contribution in [0.1, 0.15) is 11.6 Å². The van der Waals surface area contributed by atoms with Gasteiger partial charge in [-0.1, -0.05) is 0 Å². The fourth-order valence-corrected chi connectivity index (χ4v) is 0.601. The highest BCUT2D eigenvalue weighted by Crippen LogP contribution is 1.92. The molecule has 1 aromatic rings. The van der Waals surface area contributed by atoms with Gasteiger partial charge in [0.05, 0.1) is 5.75 Å². The summed E-state index contributed by atoms with van der Waals surface area (Å²) < 4.78 is 0. The number of hydrogen-bond donors (Lipinski definition) is 2. The molecule has 0 spiro atoms. The number of hydrogen-bond acceptors (Lipinski definition) is 3. The Bertz CT molecular complexity index is 172. The molecule has 0 saturated carbocycles. The molecule has 0 aliphatic carbocycles. The first-order valence-corrected chi connectivity index (χ1v) is 2.95. The van der Waals surface area contributed by atoms with Gasteiger partial charge in [0.15, 0.2) is 5.82 Å². The van der Waals surface area contributed by atoms with E-state index in [1.807, 2.05) is 6.92 Å². The van der Waals surface area contributed by atoms with Crippen molar-refractivity contribution < 1.29 is 0 Å². The molecule has 3 nitrogen and oxygen atoms in total. The monoisotopic (exact) mass is 129 g/mol. The second kappa shape index (κ2) is 2.17. The third kappa shape index (κ3) is 1.01. The Kier molecular flexibility index (Phi) is 1.53. The van der Waals surface area contributed by atoms with Gasteiger partial charge in [-0.15, -0.1) is 0 Å². The summed E-state index contributed by atoms with van der Waals surface area (Å²) in [5, 5.41) is 6.53. The van der Waals surface area contributed by atoms with Gasteiger partial charge in [0, 0.05) is 0 Å². The molecule has 1 N–H and O–H groups in total. The molecular formula is C4H7N3S. The van der Waals surface area contributed by atoms with Crippen LogP contribution in [-0.4, -0.2) is 15.2 Å². The summed E-state index contributed by atoms with van der Waals surface area (Å²) in [6, 6.07) is 0. The van der Waals surface area contributed by atoms with Crippen molar-refractivity contribution in [2.75, 3.05) is 0 Å². The first kappa shape index (κ1) is 5.62. The van der Waals surface area contributed by atoms with E-state index in [-0.39, 0.29) is 0 Å². The number of aromatic nitrogens is 3. The maximum atomic E-state index is 3.99. The third-order valence-electron chi connectivity index (χ3n) is 0.785. The number of nitrogens with one attached hydrogen (secondary N) is 1. The fourth-order valence-electron chi connectivity index (χ4n) is 0.460. The highest BCUT2D eigenvalue weighted by atomic mass is 32.1. The summed E-state index contributed by atoms with van der Waals surface area (Å²) in [7, 11) is 0. The highest BCUT2D eigenvalue weighted by molar-refractivity contribution is 7.79. The molecule has 0 atom stereocenters. The van der Waals surface area contributed by atoms with Gasteiger partial charge in [0.1, 0.15) is 5.82 Å². The average molecular weight is 129 g/mol. The van der Waals surface area contributed by atoms with E-state index in [1.165, 1.54) is 0 Å². The second-order valence-corrected chi connectivity index (χ2v) is 1.81. The van der Waals surface area contributed by atoms with Crippen LogP contribution in [0.15, 0.2) is 0 Å². The topological polar surface area (TPSA) is 41.6 Å². The summed E-state index contributed by atoms with van der Waals surface area (Å²) in [6.07, 6.45) is 0. The van der Waals surface area contributed by atoms with Gasteiger partial charge in [-0.3, -0.25) is 5.10 Å². The van der Waals surface area contributed by atoms with E-state index >= 15 is 0 Å². The second-order valence-electron chi connectivity index (χ2n) is 1.50. The number of aryl methyl sites for hydroxylation is 1. The zero-order chi connectivity index (χ0) is 5.98. The van der Waals surface area contributed by atoms with Crippen molar-refractivity contribution in [3.05, 3.63) is 11.6 Å². The van der Waals surface area contributed by atoms with Crippen LogP contribution in [0, 0.1) is 6.92 Å². The molecular weight excluding hydrogens is 122 g/mol. The van der Waals surface area contributed by atoms with Crippen molar-refractivity contribution in [2.24, 2.45) is 0 Å². The van der Waals surface area contributed by atoms with Crippen molar-refractivity contribution in [2.45, 2.75) is 12.7 Å². The molecule has 0 aromatic carbocycles. The van der Waals surface area contributed by atoms with Crippen LogP contribution in [0.3, 0.4) is 0 Å². The van der Waals surface area contributed by atoms with E-state index in [0.717, 1.165) is 11.6 Å². The van der Waals surface area contributed by atoms with Gasteiger partial charge >= 0.3 is 0 Å². The number of nitrogens with zero attached hydrogens (tertiary/aromatic N) is 2. The van der Waals surface area contributed by atoms with Gasteiger partial charge in [-0.2, -0.15) is 17.7 Å². The van der Waals surface area contributed by atoms with E-state index in [0.29, 0.717) is 5.75 Å². The Morgan fingerprint density at radius 2 is 2.50 bits per heavy atom.